The van der Waals surface area contributed by atoms with Gasteiger partial charge in [0.15, 0.2) is 0 Å². The highest BCUT2D eigenvalue weighted by Crippen LogP contribution is 2.25. The number of hydrogen-bond donors (Lipinski definition) is 1. The summed E-state index contributed by atoms with van der Waals surface area (Å²) in [4.78, 5) is 26.2. The average molecular weight is 296 g/mol. The lowest BCUT2D eigenvalue weighted by Crippen LogP contribution is -2.50. The van der Waals surface area contributed by atoms with Gasteiger partial charge in [0.2, 0.25) is 5.91 Å². The van der Waals surface area contributed by atoms with E-state index >= 15 is 0 Å². The molecule has 0 spiro atoms. The van der Waals surface area contributed by atoms with Gasteiger partial charge in [0.1, 0.15) is 11.8 Å². The fourth-order valence-corrected chi connectivity index (χ4v) is 3.10. The number of rotatable bonds is 2. The van der Waals surface area contributed by atoms with E-state index in [4.69, 9.17) is 4.74 Å². The van der Waals surface area contributed by atoms with Crippen LogP contribution in [0.2, 0.25) is 0 Å². The van der Waals surface area contributed by atoms with E-state index in [1.165, 1.54) is 6.42 Å². The Morgan fingerprint density at radius 1 is 1.05 bits per heavy atom. The third-order valence-electron chi connectivity index (χ3n) is 4.17. The maximum atomic E-state index is 12.3. The Balaban J connectivity index is 1.89. The maximum Gasteiger partial charge on any atom is 0.411 e. The Labute approximate surface area is 127 Å². The predicted molar refractivity (Wildman–Crippen MR) is 80.7 cm³/mol. The lowest BCUT2D eigenvalue weighted by atomic mass is 9.88. The summed E-state index contributed by atoms with van der Waals surface area (Å²) in [5.74, 6) is 0.231. The summed E-state index contributed by atoms with van der Waals surface area (Å²) in [6.07, 6.45) is 6.67. The second-order valence-corrected chi connectivity index (χ2v) is 7.18. The smallest absolute Gasteiger partial charge is 0.411 e. The van der Waals surface area contributed by atoms with Gasteiger partial charge >= 0.3 is 6.09 Å². The van der Waals surface area contributed by atoms with Gasteiger partial charge in [-0.25, -0.2) is 4.79 Å². The molecule has 2 aliphatic rings. The molecule has 1 saturated carbocycles. The number of likely N-dealkylation sites (tertiary alicyclic amines) is 1. The Kier molecular flexibility index (Phi) is 5.12. The summed E-state index contributed by atoms with van der Waals surface area (Å²) in [5.41, 5.74) is -0.502. The van der Waals surface area contributed by atoms with Crippen molar-refractivity contribution in [2.24, 2.45) is 5.92 Å². The summed E-state index contributed by atoms with van der Waals surface area (Å²) in [6.45, 7) is 6.23. The first-order chi connectivity index (χ1) is 9.87. The van der Waals surface area contributed by atoms with Gasteiger partial charge < -0.3 is 10.1 Å². The second-order valence-electron chi connectivity index (χ2n) is 7.18. The zero-order valence-electron chi connectivity index (χ0n) is 13.5. The van der Waals surface area contributed by atoms with Gasteiger partial charge in [-0.1, -0.05) is 19.3 Å². The minimum atomic E-state index is -0.502. The SMILES string of the molecule is CC(C)(C)OC(=O)N1CCCC1NC(=O)C1CCCCC1. The predicted octanol–water partition coefficient (Wildman–Crippen LogP) is 3.04. The third kappa shape index (κ3) is 4.61. The van der Waals surface area contributed by atoms with Gasteiger partial charge in [-0.2, -0.15) is 0 Å². The molecule has 5 heteroatoms. The van der Waals surface area contributed by atoms with Crippen molar-refractivity contribution in [3.8, 4) is 0 Å². The van der Waals surface area contributed by atoms with E-state index in [0.717, 1.165) is 38.5 Å². The van der Waals surface area contributed by atoms with E-state index in [2.05, 4.69) is 5.32 Å². The molecule has 1 saturated heterocycles. The van der Waals surface area contributed by atoms with Gasteiger partial charge in [-0.3, -0.25) is 9.69 Å². The Hall–Kier alpha value is -1.26. The zero-order valence-corrected chi connectivity index (χ0v) is 13.5. The van der Waals surface area contributed by atoms with Gasteiger partial charge in [-0.15, -0.1) is 0 Å². The number of ether oxygens (including phenoxy) is 1. The van der Waals surface area contributed by atoms with E-state index in [1.807, 2.05) is 20.8 Å². The Morgan fingerprint density at radius 3 is 2.33 bits per heavy atom. The van der Waals surface area contributed by atoms with Crippen LogP contribution in [-0.2, 0) is 9.53 Å². The molecule has 0 aromatic rings. The topological polar surface area (TPSA) is 58.6 Å². The molecule has 0 bridgehead atoms. The maximum absolute atomic E-state index is 12.3. The van der Waals surface area contributed by atoms with Crippen molar-refractivity contribution < 1.29 is 14.3 Å². The van der Waals surface area contributed by atoms with Crippen molar-refractivity contribution in [1.82, 2.24) is 10.2 Å². The molecule has 0 radical (unpaired) electrons. The van der Waals surface area contributed by atoms with Crippen LogP contribution in [0.1, 0.15) is 65.7 Å². The van der Waals surface area contributed by atoms with E-state index < -0.39 is 5.60 Å². The quantitative estimate of drug-likeness (QED) is 0.852. The average Bonchev–Trinajstić information content (AvgIpc) is 2.86. The number of carbonyl (C=O) groups excluding carboxylic acids is 2. The molecular weight excluding hydrogens is 268 g/mol. The van der Waals surface area contributed by atoms with Crippen molar-refractivity contribution in [2.45, 2.75) is 77.5 Å². The monoisotopic (exact) mass is 296 g/mol. The molecule has 2 fully saturated rings. The minimum absolute atomic E-state index is 0.107. The van der Waals surface area contributed by atoms with Crippen LogP contribution in [0.25, 0.3) is 0 Å². The third-order valence-corrected chi connectivity index (χ3v) is 4.17. The molecule has 1 atom stereocenters. The van der Waals surface area contributed by atoms with Crippen molar-refractivity contribution in [3.63, 3.8) is 0 Å². The van der Waals surface area contributed by atoms with E-state index in [0.29, 0.717) is 6.54 Å². The molecule has 1 heterocycles. The van der Waals surface area contributed by atoms with Crippen LogP contribution in [0.15, 0.2) is 0 Å². The first-order valence-corrected chi connectivity index (χ1v) is 8.17. The van der Waals surface area contributed by atoms with E-state index in [1.54, 1.807) is 4.90 Å². The first-order valence-electron chi connectivity index (χ1n) is 8.17. The fourth-order valence-electron chi connectivity index (χ4n) is 3.10. The Morgan fingerprint density at radius 2 is 1.71 bits per heavy atom. The molecule has 0 aromatic heterocycles. The largest absolute Gasteiger partial charge is 0.444 e. The molecule has 1 unspecified atom stereocenters. The van der Waals surface area contributed by atoms with Crippen LogP contribution in [-0.4, -0.2) is 35.2 Å². The first kappa shape index (κ1) is 16.1. The number of carbonyl (C=O) groups is 2. The molecule has 5 nitrogen and oxygen atoms in total. The van der Waals surface area contributed by atoms with Crippen LogP contribution >= 0.6 is 0 Å². The van der Waals surface area contributed by atoms with Crippen LogP contribution in [0, 0.1) is 5.92 Å². The highest BCUT2D eigenvalue weighted by atomic mass is 16.6. The molecule has 2 amide bonds. The second kappa shape index (κ2) is 6.67. The highest BCUT2D eigenvalue weighted by molar-refractivity contribution is 5.79. The van der Waals surface area contributed by atoms with Crippen molar-refractivity contribution in [2.75, 3.05) is 6.54 Å². The normalized spacial score (nSPS) is 24.0. The van der Waals surface area contributed by atoms with Crippen LogP contribution in [0.3, 0.4) is 0 Å². The lowest BCUT2D eigenvalue weighted by molar-refractivity contribution is -0.127. The number of nitrogens with one attached hydrogen (secondary N) is 1. The standard InChI is InChI=1S/C16H28N2O3/c1-16(2,3)21-15(20)18-11-7-10-13(18)17-14(19)12-8-5-4-6-9-12/h12-13H,4-11H2,1-3H3,(H,17,19). The van der Waals surface area contributed by atoms with Crippen molar-refractivity contribution in [1.29, 1.82) is 0 Å². The molecule has 1 N–H and O–H groups in total. The summed E-state index contributed by atoms with van der Waals surface area (Å²) in [6, 6.07) is 0. The molecule has 2 rings (SSSR count). The lowest BCUT2D eigenvalue weighted by Gasteiger charge is -2.30. The molecular formula is C16H28N2O3. The summed E-state index contributed by atoms with van der Waals surface area (Å²) in [7, 11) is 0. The number of amides is 2. The number of nitrogens with zero attached hydrogens (tertiary/aromatic N) is 1. The summed E-state index contributed by atoms with van der Waals surface area (Å²) in [5, 5.41) is 3.05. The van der Waals surface area contributed by atoms with Gasteiger partial charge in [-0.05, 0) is 46.5 Å². The van der Waals surface area contributed by atoms with Crippen LogP contribution in [0.4, 0.5) is 4.79 Å². The number of hydrogen-bond acceptors (Lipinski definition) is 3. The van der Waals surface area contributed by atoms with Crippen molar-refractivity contribution in [3.05, 3.63) is 0 Å². The van der Waals surface area contributed by atoms with Gasteiger partial charge in [0, 0.05) is 12.5 Å². The molecule has 21 heavy (non-hydrogen) atoms. The molecule has 1 aliphatic heterocycles. The zero-order chi connectivity index (χ0) is 15.5. The minimum Gasteiger partial charge on any atom is -0.444 e. The Bertz CT molecular complexity index is 383. The van der Waals surface area contributed by atoms with Crippen LogP contribution < -0.4 is 5.32 Å². The highest BCUT2D eigenvalue weighted by Gasteiger charge is 2.34. The molecule has 0 aromatic carbocycles. The van der Waals surface area contributed by atoms with Gasteiger partial charge in [0.05, 0.1) is 0 Å². The summed E-state index contributed by atoms with van der Waals surface area (Å²) < 4.78 is 5.41. The van der Waals surface area contributed by atoms with E-state index in [9.17, 15) is 9.59 Å². The van der Waals surface area contributed by atoms with Crippen molar-refractivity contribution >= 4 is 12.0 Å². The molecule has 1 aliphatic carbocycles. The van der Waals surface area contributed by atoms with Crippen LogP contribution in [0.5, 0.6) is 0 Å². The fraction of sp³-hybridized carbons (Fsp3) is 0.875. The van der Waals surface area contributed by atoms with Gasteiger partial charge in [0.25, 0.3) is 0 Å². The van der Waals surface area contributed by atoms with E-state index in [-0.39, 0.29) is 24.1 Å². The molecule has 120 valence electrons. The summed E-state index contributed by atoms with van der Waals surface area (Å²) >= 11 is 0.